The van der Waals surface area contributed by atoms with Crippen LogP contribution in [-0.4, -0.2) is 16.5 Å². The molecule has 0 fully saturated rings. The van der Waals surface area contributed by atoms with E-state index >= 15 is 0 Å². The standard InChI is InChI=1S/C10H10F2O2/c1-10(2,14)9(13)7-5-6(11)3-4-8(7)12/h3-5,14H,1-2H3. The van der Waals surface area contributed by atoms with Gasteiger partial charge in [-0.05, 0) is 32.0 Å². The molecule has 0 bridgehead atoms. The molecule has 1 aromatic carbocycles. The van der Waals surface area contributed by atoms with Gasteiger partial charge in [-0.3, -0.25) is 4.79 Å². The van der Waals surface area contributed by atoms with Gasteiger partial charge in [0.2, 0.25) is 0 Å². The number of hydrogen-bond donors (Lipinski definition) is 1. The van der Waals surface area contributed by atoms with Gasteiger partial charge in [-0.2, -0.15) is 0 Å². The molecule has 2 nitrogen and oxygen atoms in total. The quantitative estimate of drug-likeness (QED) is 0.740. The van der Waals surface area contributed by atoms with Crippen LogP contribution in [0.5, 0.6) is 0 Å². The fourth-order valence-electron chi connectivity index (χ4n) is 1.00. The van der Waals surface area contributed by atoms with E-state index in [9.17, 15) is 18.7 Å². The Kier molecular flexibility index (Phi) is 2.66. The van der Waals surface area contributed by atoms with Crippen molar-refractivity contribution < 1.29 is 18.7 Å². The lowest BCUT2D eigenvalue weighted by Gasteiger charge is -2.15. The highest BCUT2D eigenvalue weighted by Gasteiger charge is 2.27. The summed E-state index contributed by atoms with van der Waals surface area (Å²) in [6.45, 7) is 2.44. The maximum absolute atomic E-state index is 13.1. The monoisotopic (exact) mass is 200 g/mol. The molecule has 1 rings (SSSR count). The van der Waals surface area contributed by atoms with E-state index in [2.05, 4.69) is 0 Å². The summed E-state index contributed by atoms with van der Waals surface area (Å²) >= 11 is 0. The van der Waals surface area contributed by atoms with Crippen LogP contribution in [-0.2, 0) is 0 Å². The Labute approximate surface area is 80.2 Å². The summed E-state index contributed by atoms with van der Waals surface area (Å²) < 4.78 is 25.7. The van der Waals surface area contributed by atoms with Crippen molar-refractivity contribution in [2.75, 3.05) is 0 Å². The van der Waals surface area contributed by atoms with Gasteiger partial charge in [0.05, 0.1) is 5.56 Å². The molecule has 0 saturated heterocycles. The lowest BCUT2D eigenvalue weighted by molar-refractivity contribution is 0.0483. The van der Waals surface area contributed by atoms with Crippen LogP contribution in [0.15, 0.2) is 18.2 Å². The van der Waals surface area contributed by atoms with Gasteiger partial charge in [-0.1, -0.05) is 0 Å². The first-order valence-electron chi connectivity index (χ1n) is 4.04. The molecule has 0 aliphatic carbocycles. The van der Waals surface area contributed by atoms with Gasteiger partial charge in [-0.15, -0.1) is 0 Å². The second-order valence-electron chi connectivity index (χ2n) is 3.51. The van der Waals surface area contributed by atoms with Crippen molar-refractivity contribution in [2.24, 2.45) is 0 Å². The lowest BCUT2D eigenvalue weighted by Crippen LogP contribution is -2.31. The molecule has 14 heavy (non-hydrogen) atoms. The highest BCUT2D eigenvalue weighted by molar-refractivity contribution is 6.01. The minimum Gasteiger partial charge on any atom is -0.382 e. The third-order valence-electron chi connectivity index (χ3n) is 1.73. The Bertz CT molecular complexity index is 367. The molecular weight excluding hydrogens is 190 g/mol. The predicted molar refractivity (Wildman–Crippen MR) is 47.0 cm³/mol. The number of carbonyl (C=O) groups is 1. The number of hydrogen-bond acceptors (Lipinski definition) is 2. The molecule has 0 unspecified atom stereocenters. The van der Waals surface area contributed by atoms with E-state index in [-0.39, 0.29) is 0 Å². The second-order valence-corrected chi connectivity index (χ2v) is 3.51. The van der Waals surface area contributed by atoms with Crippen LogP contribution in [0.4, 0.5) is 8.78 Å². The van der Waals surface area contributed by atoms with Gasteiger partial charge in [0.25, 0.3) is 0 Å². The molecule has 0 saturated carbocycles. The first kappa shape index (κ1) is 10.8. The van der Waals surface area contributed by atoms with Crippen molar-refractivity contribution in [3.8, 4) is 0 Å². The van der Waals surface area contributed by atoms with Gasteiger partial charge >= 0.3 is 0 Å². The van der Waals surface area contributed by atoms with Crippen molar-refractivity contribution in [3.05, 3.63) is 35.4 Å². The Morgan fingerprint density at radius 1 is 1.36 bits per heavy atom. The van der Waals surface area contributed by atoms with E-state index in [1.54, 1.807) is 0 Å². The average molecular weight is 200 g/mol. The normalized spacial score (nSPS) is 11.5. The first-order chi connectivity index (χ1) is 6.32. The van der Waals surface area contributed by atoms with Gasteiger partial charge in [-0.25, -0.2) is 8.78 Å². The fourth-order valence-corrected chi connectivity index (χ4v) is 1.00. The van der Waals surface area contributed by atoms with Crippen LogP contribution in [0.2, 0.25) is 0 Å². The zero-order chi connectivity index (χ0) is 10.9. The van der Waals surface area contributed by atoms with Crippen LogP contribution in [0.1, 0.15) is 24.2 Å². The van der Waals surface area contributed by atoms with Gasteiger partial charge in [0.15, 0.2) is 5.78 Å². The highest BCUT2D eigenvalue weighted by Crippen LogP contribution is 2.16. The number of carbonyl (C=O) groups excluding carboxylic acids is 1. The summed E-state index contributed by atoms with van der Waals surface area (Å²) in [5.74, 6) is -2.38. The zero-order valence-corrected chi connectivity index (χ0v) is 7.84. The van der Waals surface area contributed by atoms with Crippen molar-refractivity contribution in [2.45, 2.75) is 19.4 Å². The number of aliphatic hydroxyl groups is 1. The molecule has 0 aromatic heterocycles. The predicted octanol–water partition coefficient (Wildman–Crippen LogP) is 1.92. The lowest BCUT2D eigenvalue weighted by atomic mass is 9.96. The molecule has 0 aliphatic rings. The van der Waals surface area contributed by atoms with Gasteiger partial charge in [0, 0.05) is 0 Å². The number of rotatable bonds is 2. The Morgan fingerprint density at radius 3 is 2.43 bits per heavy atom. The first-order valence-corrected chi connectivity index (χ1v) is 4.04. The van der Waals surface area contributed by atoms with Gasteiger partial charge in [0.1, 0.15) is 17.2 Å². The van der Waals surface area contributed by atoms with E-state index < -0.39 is 28.6 Å². The summed E-state index contributed by atoms with van der Waals surface area (Å²) in [5.41, 5.74) is -2.13. The van der Waals surface area contributed by atoms with Crippen molar-refractivity contribution in [1.29, 1.82) is 0 Å². The summed E-state index contributed by atoms with van der Waals surface area (Å²) in [6, 6.07) is 2.54. The van der Waals surface area contributed by atoms with Crippen molar-refractivity contribution in [1.82, 2.24) is 0 Å². The van der Waals surface area contributed by atoms with Crippen molar-refractivity contribution in [3.63, 3.8) is 0 Å². The van der Waals surface area contributed by atoms with Crippen LogP contribution in [0, 0.1) is 11.6 Å². The van der Waals surface area contributed by atoms with Crippen LogP contribution in [0.25, 0.3) is 0 Å². The summed E-state index contributed by atoms with van der Waals surface area (Å²) in [4.78, 5) is 11.4. The Hall–Kier alpha value is -1.29. The van der Waals surface area contributed by atoms with Crippen LogP contribution in [0.3, 0.4) is 0 Å². The van der Waals surface area contributed by atoms with Crippen LogP contribution >= 0.6 is 0 Å². The SMILES string of the molecule is CC(C)(O)C(=O)c1cc(F)ccc1F. The summed E-state index contributed by atoms with van der Waals surface area (Å²) in [6.07, 6.45) is 0. The molecule has 0 amide bonds. The zero-order valence-electron chi connectivity index (χ0n) is 7.84. The Morgan fingerprint density at radius 2 is 1.93 bits per heavy atom. The molecule has 0 radical (unpaired) electrons. The van der Waals surface area contributed by atoms with Crippen molar-refractivity contribution >= 4 is 5.78 Å². The second kappa shape index (κ2) is 3.46. The van der Waals surface area contributed by atoms with E-state index in [4.69, 9.17) is 0 Å². The molecule has 0 atom stereocenters. The molecular formula is C10H10F2O2. The molecule has 0 heterocycles. The summed E-state index contributed by atoms with van der Waals surface area (Å²) in [5, 5.41) is 9.32. The molecule has 4 heteroatoms. The van der Waals surface area contributed by atoms with E-state index in [1.165, 1.54) is 13.8 Å². The molecule has 1 aromatic rings. The smallest absolute Gasteiger partial charge is 0.196 e. The molecule has 1 N–H and O–H groups in total. The average Bonchev–Trinajstić information content (AvgIpc) is 2.06. The topological polar surface area (TPSA) is 37.3 Å². The minimum atomic E-state index is -1.70. The van der Waals surface area contributed by atoms with E-state index in [0.29, 0.717) is 0 Å². The molecule has 0 spiro atoms. The number of ketones is 1. The maximum Gasteiger partial charge on any atom is 0.196 e. The third-order valence-corrected chi connectivity index (χ3v) is 1.73. The summed E-state index contributed by atoms with van der Waals surface area (Å²) in [7, 11) is 0. The highest BCUT2D eigenvalue weighted by atomic mass is 19.1. The van der Waals surface area contributed by atoms with E-state index in [1.807, 2.05) is 0 Å². The Balaban J connectivity index is 3.19. The minimum absolute atomic E-state index is 0.433. The third kappa shape index (κ3) is 2.14. The number of Topliss-reactive ketones (excluding diaryl/α,β-unsaturated/α-hetero) is 1. The molecule has 76 valence electrons. The number of halogens is 2. The van der Waals surface area contributed by atoms with Gasteiger partial charge < -0.3 is 5.11 Å². The molecule has 0 aliphatic heterocycles. The van der Waals surface area contributed by atoms with E-state index in [0.717, 1.165) is 18.2 Å². The van der Waals surface area contributed by atoms with Crippen LogP contribution < -0.4 is 0 Å². The number of benzene rings is 1. The largest absolute Gasteiger partial charge is 0.382 e. The maximum atomic E-state index is 13.1. The fraction of sp³-hybridized carbons (Fsp3) is 0.300.